The Morgan fingerprint density at radius 3 is 2.50 bits per heavy atom. The van der Waals surface area contributed by atoms with Crippen molar-refractivity contribution >= 4 is 22.4 Å². The zero-order chi connectivity index (χ0) is 18.8. The second kappa shape index (κ2) is 7.87. The van der Waals surface area contributed by atoms with Crippen molar-refractivity contribution in [1.82, 2.24) is 19.8 Å². The average molecular weight is 389 g/mol. The molecule has 1 atom stereocenters. The van der Waals surface area contributed by atoms with Crippen LogP contribution < -0.4 is 5.32 Å². The number of nitrogens with one attached hydrogen (secondary N) is 1. The van der Waals surface area contributed by atoms with Crippen molar-refractivity contribution in [3.63, 3.8) is 0 Å². The van der Waals surface area contributed by atoms with E-state index in [-0.39, 0.29) is 6.04 Å². The molecule has 0 bridgehead atoms. The normalized spacial score (nSPS) is 16.4. The number of para-hydroxylation sites is 2. The van der Waals surface area contributed by atoms with Gasteiger partial charge in [0.2, 0.25) is 0 Å². The lowest BCUT2D eigenvalue weighted by molar-refractivity contribution is 0.192. The fourth-order valence-corrected chi connectivity index (χ4v) is 4.95. The van der Waals surface area contributed by atoms with Crippen molar-refractivity contribution in [2.75, 3.05) is 26.2 Å². The molecule has 0 aliphatic carbocycles. The van der Waals surface area contributed by atoms with Crippen molar-refractivity contribution in [1.29, 1.82) is 0 Å². The summed E-state index contributed by atoms with van der Waals surface area (Å²) >= 11 is 1.83. The van der Waals surface area contributed by atoms with Crippen LogP contribution in [-0.2, 0) is 6.54 Å². The van der Waals surface area contributed by atoms with Gasteiger partial charge in [-0.25, -0.2) is 4.98 Å². The van der Waals surface area contributed by atoms with Crippen LogP contribution in [0.3, 0.4) is 0 Å². The molecule has 0 spiro atoms. The number of imidazole rings is 1. The summed E-state index contributed by atoms with van der Waals surface area (Å²) in [7, 11) is 0. The van der Waals surface area contributed by atoms with E-state index in [1.54, 1.807) is 0 Å². The van der Waals surface area contributed by atoms with Crippen molar-refractivity contribution in [2.24, 2.45) is 0 Å². The van der Waals surface area contributed by atoms with Crippen LogP contribution in [0.2, 0.25) is 0 Å². The summed E-state index contributed by atoms with van der Waals surface area (Å²) in [4.78, 5) is 9.09. The summed E-state index contributed by atoms with van der Waals surface area (Å²) in [5, 5.41) is 5.66. The first-order valence-electron chi connectivity index (χ1n) is 9.87. The number of piperazine rings is 1. The molecule has 0 saturated carbocycles. The van der Waals surface area contributed by atoms with Crippen molar-refractivity contribution in [3.05, 3.63) is 88.4 Å². The Morgan fingerprint density at radius 2 is 1.71 bits per heavy atom. The Morgan fingerprint density at radius 1 is 0.929 bits per heavy atom. The van der Waals surface area contributed by atoms with E-state index in [0.29, 0.717) is 0 Å². The lowest BCUT2D eigenvalue weighted by Gasteiger charge is -2.34. The fraction of sp³-hybridized carbons (Fsp3) is 0.261. The number of hydrogen-bond donors (Lipinski definition) is 1. The van der Waals surface area contributed by atoms with Crippen LogP contribution in [0.4, 0.5) is 0 Å². The zero-order valence-corrected chi connectivity index (χ0v) is 16.6. The highest BCUT2D eigenvalue weighted by atomic mass is 32.1. The van der Waals surface area contributed by atoms with Gasteiger partial charge in [-0.15, -0.1) is 11.3 Å². The monoisotopic (exact) mass is 388 g/mol. The maximum absolute atomic E-state index is 5.15. The molecule has 28 heavy (non-hydrogen) atoms. The smallest absolute Gasteiger partial charge is 0.133 e. The first-order chi connectivity index (χ1) is 13.9. The van der Waals surface area contributed by atoms with Gasteiger partial charge in [-0.05, 0) is 29.1 Å². The van der Waals surface area contributed by atoms with Gasteiger partial charge in [-0.1, -0.05) is 48.5 Å². The van der Waals surface area contributed by atoms with Crippen LogP contribution in [0.1, 0.15) is 22.3 Å². The highest BCUT2D eigenvalue weighted by Crippen LogP contribution is 2.34. The van der Waals surface area contributed by atoms with Crippen LogP contribution in [0.25, 0.3) is 11.0 Å². The number of rotatable bonds is 5. The van der Waals surface area contributed by atoms with Crippen LogP contribution in [-0.4, -0.2) is 40.6 Å². The molecule has 142 valence electrons. The fourth-order valence-electron chi connectivity index (χ4n) is 4.09. The van der Waals surface area contributed by atoms with Gasteiger partial charge in [0, 0.05) is 37.6 Å². The summed E-state index contributed by atoms with van der Waals surface area (Å²) in [6.07, 6.45) is 0. The van der Waals surface area contributed by atoms with Gasteiger partial charge in [-0.3, -0.25) is 4.90 Å². The number of thiophene rings is 1. The SMILES string of the molecule is c1ccc(Cn2c(C(c3cccs3)N3CCNCC3)nc3ccccc32)cc1. The van der Waals surface area contributed by atoms with E-state index in [1.165, 1.54) is 16.0 Å². The molecule has 1 fully saturated rings. The summed E-state index contributed by atoms with van der Waals surface area (Å²) in [6.45, 7) is 4.97. The number of aromatic nitrogens is 2. The van der Waals surface area contributed by atoms with Gasteiger partial charge in [-0.2, -0.15) is 0 Å². The number of hydrogen-bond acceptors (Lipinski definition) is 4. The van der Waals surface area contributed by atoms with Crippen molar-refractivity contribution in [3.8, 4) is 0 Å². The average Bonchev–Trinajstić information content (AvgIpc) is 3.39. The third-order valence-corrected chi connectivity index (χ3v) is 6.37. The van der Waals surface area contributed by atoms with Crippen molar-refractivity contribution < 1.29 is 0 Å². The molecule has 1 aliphatic rings. The standard InChI is InChI=1S/C23H24N4S/c1-2-7-18(8-3-1)17-27-20-10-5-4-9-19(20)25-23(27)22(21-11-6-16-28-21)26-14-12-24-13-15-26/h1-11,16,22,24H,12-15,17H2. The van der Waals surface area contributed by atoms with E-state index in [9.17, 15) is 0 Å². The molecular formula is C23H24N4S. The van der Waals surface area contributed by atoms with Crippen molar-refractivity contribution in [2.45, 2.75) is 12.6 Å². The molecule has 1 saturated heterocycles. The molecule has 0 amide bonds. The predicted molar refractivity (Wildman–Crippen MR) is 116 cm³/mol. The molecule has 2 aromatic carbocycles. The first kappa shape index (κ1) is 17.6. The van der Waals surface area contributed by atoms with Gasteiger partial charge in [0.15, 0.2) is 0 Å². The minimum atomic E-state index is 0.193. The molecular weight excluding hydrogens is 364 g/mol. The summed E-state index contributed by atoms with van der Waals surface area (Å²) in [5.41, 5.74) is 3.58. The number of fused-ring (bicyclic) bond motifs is 1. The predicted octanol–water partition coefficient (Wildman–Crippen LogP) is 4.14. The van der Waals surface area contributed by atoms with E-state index in [2.05, 4.69) is 86.9 Å². The minimum absolute atomic E-state index is 0.193. The van der Waals surface area contributed by atoms with E-state index in [4.69, 9.17) is 4.98 Å². The Labute approximate surface area is 169 Å². The van der Waals surface area contributed by atoms with E-state index in [0.717, 1.165) is 44.1 Å². The van der Waals surface area contributed by atoms with E-state index in [1.807, 2.05) is 11.3 Å². The Balaban J connectivity index is 1.66. The van der Waals surface area contributed by atoms with Crippen LogP contribution in [0, 0.1) is 0 Å². The zero-order valence-electron chi connectivity index (χ0n) is 15.8. The highest BCUT2D eigenvalue weighted by molar-refractivity contribution is 7.10. The maximum atomic E-state index is 5.15. The molecule has 1 unspecified atom stereocenters. The lowest BCUT2D eigenvalue weighted by Crippen LogP contribution is -2.45. The third-order valence-electron chi connectivity index (χ3n) is 5.44. The number of nitrogens with zero attached hydrogens (tertiary/aromatic N) is 3. The second-order valence-corrected chi connectivity index (χ2v) is 8.21. The number of benzene rings is 2. The summed E-state index contributed by atoms with van der Waals surface area (Å²) in [6, 6.07) is 23.8. The Bertz CT molecular complexity index is 1030. The molecule has 4 aromatic rings. The molecule has 3 heterocycles. The van der Waals surface area contributed by atoms with Gasteiger partial charge >= 0.3 is 0 Å². The molecule has 1 N–H and O–H groups in total. The molecule has 5 rings (SSSR count). The molecule has 1 aliphatic heterocycles. The molecule has 5 heteroatoms. The Hall–Kier alpha value is -2.47. The minimum Gasteiger partial charge on any atom is -0.322 e. The van der Waals surface area contributed by atoms with E-state index >= 15 is 0 Å². The van der Waals surface area contributed by atoms with Gasteiger partial charge in [0.1, 0.15) is 11.9 Å². The van der Waals surface area contributed by atoms with E-state index < -0.39 is 0 Å². The third kappa shape index (κ3) is 3.37. The quantitative estimate of drug-likeness (QED) is 0.558. The first-order valence-corrected chi connectivity index (χ1v) is 10.8. The van der Waals surface area contributed by atoms with Crippen LogP contribution >= 0.6 is 11.3 Å². The molecule has 4 nitrogen and oxygen atoms in total. The van der Waals surface area contributed by atoms with Gasteiger partial charge in [0.25, 0.3) is 0 Å². The Kier molecular flexibility index (Phi) is 4.95. The van der Waals surface area contributed by atoms with Gasteiger partial charge in [0.05, 0.1) is 11.0 Å². The van der Waals surface area contributed by atoms with Gasteiger partial charge < -0.3 is 9.88 Å². The maximum Gasteiger partial charge on any atom is 0.133 e. The van der Waals surface area contributed by atoms with Crippen LogP contribution in [0.15, 0.2) is 72.1 Å². The molecule has 2 aromatic heterocycles. The highest BCUT2D eigenvalue weighted by Gasteiger charge is 2.29. The van der Waals surface area contributed by atoms with Crippen LogP contribution in [0.5, 0.6) is 0 Å². The lowest BCUT2D eigenvalue weighted by atomic mass is 10.1. The largest absolute Gasteiger partial charge is 0.322 e. The summed E-state index contributed by atoms with van der Waals surface area (Å²) < 4.78 is 2.41. The summed E-state index contributed by atoms with van der Waals surface area (Å²) in [5.74, 6) is 1.15. The topological polar surface area (TPSA) is 33.1 Å². The second-order valence-electron chi connectivity index (χ2n) is 7.23. The molecule has 0 radical (unpaired) electrons.